The number of carbonyl (C=O) groups excluding carboxylic acids is 1. The van der Waals surface area contributed by atoms with Crippen LogP contribution in [0.15, 0.2) is 53.6 Å². The van der Waals surface area contributed by atoms with E-state index in [1.54, 1.807) is 62.5 Å². The molecule has 0 aliphatic carbocycles. The second kappa shape index (κ2) is 6.96. The third-order valence-electron chi connectivity index (χ3n) is 4.45. The highest BCUT2D eigenvalue weighted by molar-refractivity contribution is 7.90. The maximum absolute atomic E-state index is 13.1. The van der Waals surface area contributed by atoms with Crippen molar-refractivity contribution in [3.8, 4) is 0 Å². The van der Waals surface area contributed by atoms with Crippen LogP contribution in [0.3, 0.4) is 0 Å². The number of carbonyl (C=O) groups is 1. The van der Waals surface area contributed by atoms with E-state index in [9.17, 15) is 13.2 Å². The van der Waals surface area contributed by atoms with Gasteiger partial charge >= 0.3 is 5.97 Å². The topological polar surface area (TPSA) is 65.4 Å². The molecule has 26 heavy (non-hydrogen) atoms. The highest BCUT2D eigenvalue weighted by atomic mass is 32.2. The molecular formula is C20H21NO4S. The number of ether oxygens (including phenoxy) is 1. The van der Waals surface area contributed by atoms with Gasteiger partial charge in [-0.25, -0.2) is 17.2 Å². The van der Waals surface area contributed by atoms with Crippen LogP contribution in [0.25, 0.3) is 10.9 Å². The number of hydrogen-bond acceptors (Lipinski definition) is 4. The average Bonchev–Trinajstić information content (AvgIpc) is 3.09. The van der Waals surface area contributed by atoms with Crippen molar-refractivity contribution in [1.29, 1.82) is 0 Å². The van der Waals surface area contributed by atoms with Crippen molar-refractivity contribution in [2.24, 2.45) is 0 Å². The Hall–Kier alpha value is -2.60. The van der Waals surface area contributed by atoms with Crippen molar-refractivity contribution < 1.29 is 17.9 Å². The number of aromatic nitrogens is 1. The fourth-order valence-electron chi connectivity index (χ4n) is 3.15. The van der Waals surface area contributed by atoms with Gasteiger partial charge in [-0.1, -0.05) is 25.1 Å². The zero-order chi connectivity index (χ0) is 18.9. The molecule has 1 aromatic heterocycles. The van der Waals surface area contributed by atoms with Gasteiger partial charge in [-0.2, -0.15) is 0 Å². The fourth-order valence-corrected chi connectivity index (χ4v) is 4.57. The molecule has 2 aromatic carbocycles. The summed E-state index contributed by atoms with van der Waals surface area (Å²) in [5.41, 5.74) is 2.44. The molecule has 0 N–H and O–H groups in total. The molecule has 0 bridgehead atoms. The SMILES string of the molecule is CCOC(=O)c1cc(CC)c2ccn(S(=O)(=O)c3ccccc3)c2c1C. The zero-order valence-electron chi connectivity index (χ0n) is 15.0. The molecule has 0 saturated heterocycles. The molecule has 0 aliphatic rings. The molecule has 0 atom stereocenters. The second-order valence-electron chi connectivity index (χ2n) is 5.97. The monoisotopic (exact) mass is 371 g/mol. The lowest BCUT2D eigenvalue weighted by Crippen LogP contribution is -2.14. The van der Waals surface area contributed by atoms with E-state index in [1.807, 2.05) is 6.92 Å². The highest BCUT2D eigenvalue weighted by Gasteiger charge is 2.23. The standard InChI is InChI=1S/C20H21NO4S/c1-4-15-13-18(20(22)25-5-2)14(3)19-17(15)11-12-21(19)26(23,24)16-9-7-6-8-10-16/h6-13H,4-5H2,1-3H3. The molecular weight excluding hydrogens is 350 g/mol. The molecule has 1 heterocycles. The predicted molar refractivity (Wildman–Crippen MR) is 101 cm³/mol. The summed E-state index contributed by atoms with van der Waals surface area (Å²) in [7, 11) is -3.76. The van der Waals surface area contributed by atoms with Crippen molar-refractivity contribution in [2.75, 3.05) is 6.61 Å². The third kappa shape index (κ3) is 2.90. The van der Waals surface area contributed by atoms with Crippen LogP contribution in [-0.4, -0.2) is 25.0 Å². The molecule has 0 amide bonds. The van der Waals surface area contributed by atoms with E-state index in [1.165, 1.54) is 3.97 Å². The van der Waals surface area contributed by atoms with E-state index in [0.29, 0.717) is 23.1 Å². The van der Waals surface area contributed by atoms with Crippen LogP contribution in [0, 0.1) is 6.92 Å². The minimum atomic E-state index is -3.76. The molecule has 3 aromatic rings. The van der Waals surface area contributed by atoms with E-state index < -0.39 is 16.0 Å². The zero-order valence-corrected chi connectivity index (χ0v) is 15.8. The average molecular weight is 371 g/mol. The first kappa shape index (κ1) is 18.2. The van der Waals surface area contributed by atoms with Crippen LogP contribution in [0.4, 0.5) is 0 Å². The van der Waals surface area contributed by atoms with Crippen LogP contribution >= 0.6 is 0 Å². The summed E-state index contributed by atoms with van der Waals surface area (Å²) in [6.45, 7) is 5.74. The Morgan fingerprint density at radius 2 is 1.81 bits per heavy atom. The molecule has 5 nitrogen and oxygen atoms in total. The number of hydrogen-bond donors (Lipinski definition) is 0. The van der Waals surface area contributed by atoms with E-state index in [2.05, 4.69) is 0 Å². The minimum absolute atomic E-state index is 0.205. The van der Waals surface area contributed by atoms with Gasteiger partial charge < -0.3 is 4.74 Å². The maximum Gasteiger partial charge on any atom is 0.338 e. The fraction of sp³-hybridized carbons (Fsp3) is 0.250. The molecule has 0 unspecified atom stereocenters. The summed E-state index contributed by atoms with van der Waals surface area (Å²) in [6, 6.07) is 11.9. The Morgan fingerprint density at radius 1 is 1.12 bits per heavy atom. The molecule has 0 radical (unpaired) electrons. The first-order valence-electron chi connectivity index (χ1n) is 8.53. The van der Waals surface area contributed by atoms with Crippen LogP contribution in [0.5, 0.6) is 0 Å². The number of rotatable bonds is 5. The van der Waals surface area contributed by atoms with Crippen LogP contribution < -0.4 is 0 Å². The number of aryl methyl sites for hydroxylation is 2. The molecule has 3 rings (SSSR count). The molecule has 0 spiro atoms. The van der Waals surface area contributed by atoms with E-state index >= 15 is 0 Å². The molecule has 0 aliphatic heterocycles. The van der Waals surface area contributed by atoms with Crippen molar-refractivity contribution in [2.45, 2.75) is 32.1 Å². The number of fused-ring (bicyclic) bond motifs is 1. The van der Waals surface area contributed by atoms with Crippen LogP contribution in [-0.2, 0) is 21.2 Å². The quantitative estimate of drug-likeness (QED) is 0.638. The van der Waals surface area contributed by atoms with Crippen molar-refractivity contribution in [3.05, 3.63) is 65.4 Å². The van der Waals surface area contributed by atoms with E-state index in [4.69, 9.17) is 4.74 Å². The van der Waals surface area contributed by atoms with Gasteiger partial charge in [-0.05, 0) is 55.7 Å². The maximum atomic E-state index is 13.1. The number of nitrogens with zero attached hydrogens (tertiary/aromatic N) is 1. The van der Waals surface area contributed by atoms with Gasteiger partial charge in [-0.3, -0.25) is 0 Å². The lowest BCUT2D eigenvalue weighted by molar-refractivity contribution is 0.0525. The lowest BCUT2D eigenvalue weighted by atomic mass is 9.99. The van der Waals surface area contributed by atoms with Crippen LogP contribution in [0.2, 0.25) is 0 Å². The van der Waals surface area contributed by atoms with E-state index in [0.717, 1.165) is 10.9 Å². The summed E-state index contributed by atoms with van der Waals surface area (Å²) >= 11 is 0. The smallest absolute Gasteiger partial charge is 0.338 e. The van der Waals surface area contributed by atoms with Crippen molar-refractivity contribution in [3.63, 3.8) is 0 Å². The Kier molecular flexibility index (Phi) is 4.87. The first-order valence-corrected chi connectivity index (χ1v) is 9.97. The van der Waals surface area contributed by atoms with Crippen molar-refractivity contribution >= 4 is 26.9 Å². The molecule has 0 saturated carbocycles. The summed E-state index contributed by atoms with van der Waals surface area (Å²) in [6.07, 6.45) is 2.23. The van der Waals surface area contributed by atoms with Crippen LogP contribution in [0.1, 0.15) is 35.3 Å². The summed E-state index contributed by atoms with van der Waals surface area (Å²) in [5, 5.41) is 0.831. The van der Waals surface area contributed by atoms with Crippen molar-refractivity contribution in [1.82, 2.24) is 3.97 Å². The molecule has 136 valence electrons. The normalized spacial score (nSPS) is 11.7. The number of benzene rings is 2. The largest absolute Gasteiger partial charge is 0.462 e. The summed E-state index contributed by atoms with van der Waals surface area (Å²) in [5.74, 6) is -0.438. The summed E-state index contributed by atoms with van der Waals surface area (Å²) < 4.78 is 32.6. The predicted octanol–water partition coefficient (Wildman–Crippen LogP) is 3.93. The molecule has 6 heteroatoms. The Labute approximate surface area is 153 Å². The number of esters is 1. The van der Waals surface area contributed by atoms with Gasteiger partial charge in [0.25, 0.3) is 10.0 Å². The minimum Gasteiger partial charge on any atom is -0.462 e. The lowest BCUT2D eigenvalue weighted by Gasteiger charge is -2.14. The molecule has 0 fully saturated rings. The third-order valence-corrected chi connectivity index (χ3v) is 6.14. The first-order chi connectivity index (χ1) is 12.4. The van der Waals surface area contributed by atoms with Gasteiger partial charge in [0.1, 0.15) is 0 Å². The van der Waals surface area contributed by atoms with E-state index in [-0.39, 0.29) is 11.5 Å². The second-order valence-corrected chi connectivity index (χ2v) is 7.79. The van der Waals surface area contributed by atoms with Gasteiger partial charge in [-0.15, -0.1) is 0 Å². The highest BCUT2D eigenvalue weighted by Crippen LogP contribution is 2.30. The van der Waals surface area contributed by atoms with Gasteiger partial charge in [0.15, 0.2) is 0 Å². The summed E-state index contributed by atoms with van der Waals surface area (Å²) in [4.78, 5) is 12.6. The van der Waals surface area contributed by atoms with Gasteiger partial charge in [0, 0.05) is 11.6 Å². The Morgan fingerprint density at radius 3 is 2.42 bits per heavy atom. The van der Waals surface area contributed by atoms with Gasteiger partial charge in [0.2, 0.25) is 0 Å². The Balaban J connectivity index is 2.32. The van der Waals surface area contributed by atoms with Gasteiger partial charge in [0.05, 0.1) is 22.6 Å². The Bertz CT molecular complexity index is 1070.